The highest BCUT2D eigenvalue weighted by Crippen LogP contribution is 2.20. The SMILES string of the molecule is Clc1ccccc1NCc1cscn1. The van der Waals surface area contributed by atoms with Gasteiger partial charge in [0.15, 0.2) is 0 Å². The molecule has 2 rings (SSSR count). The average Bonchev–Trinajstić information content (AvgIpc) is 2.69. The van der Waals surface area contributed by atoms with Crippen molar-refractivity contribution in [2.75, 3.05) is 5.32 Å². The summed E-state index contributed by atoms with van der Waals surface area (Å²) in [4.78, 5) is 4.17. The van der Waals surface area contributed by atoms with Crippen LogP contribution in [-0.2, 0) is 6.54 Å². The highest BCUT2D eigenvalue weighted by Gasteiger charge is 1.98. The molecule has 0 amide bonds. The van der Waals surface area contributed by atoms with Crippen LogP contribution in [0.3, 0.4) is 0 Å². The zero-order chi connectivity index (χ0) is 9.80. The minimum atomic E-state index is 0.716. The van der Waals surface area contributed by atoms with E-state index in [9.17, 15) is 0 Å². The molecule has 1 aromatic carbocycles. The van der Waals surface area contributed by atoms with Gasteiger partial charge in [0.05, 0.1) is 28.5 Å². The van der Waals surface area contributed by atoms with Gasteiger partial charge in [-0.05, 0) is 12.1 Å². The number of nitrogens with zero attached hydrogens (tertiary/aromatic N) is 1. The molecule has 0 spiro atoms. The van der Waals surface area contributed by atoms with E-state index < -0.39 is 0 Å². The molecule has 0 bridgehead atoms. The summed E-state index contributed by atoms with van der Waals surface area (Å²) in [6, 6.07) is 7.69. The Morgan fingerprint density at radius 2 is 2.21 bits per heavy atom. The summed E-state index contributed by atoms with van der Waals surface area (Å²) in [6.45, 7) is 0.716. The molecule has 2 nitrogen and oxygen atoms in total. The zero-order valence-electron chi connectivity index (χ0n) is 7.40. The normalized spacial score (nSPS) is 10.1. The van der Waals surface area contributed by atoms with E-state index in [1.165, 1.54) is 0 Å². The van der Waals surface area contributed by atoms with Crippen LogP contribution in [0.5, 0.6) is 0 Å². The topological polar surface area (TPSA) is 24.9 Å². The van der Waals surface area contributed by atoms with Crippen LogP contribution in [-0.4, -0.2) is 4.98 Å². The lowest BCUT2D eigenvalue weighted by Gasteiger charge is -2.05. The number of benzene rings is 1. The summed E-state index contributed by atoms with van der Waals surface area (Å²) >= 11 is 7.58. The average molecular weight is 225 g/mol. The number of hydrogen-bond acceptors (Lipinski definition) is 3. The Hall–Kier alpha value is -1.06. The van der Waals surface area contributed by atoms with Crippen LogP contribution in [0.15, 0.2) is 35.2 Å². The van der Waals surface area contributed by atoms with Crippen LogP contribution in [0.1, 0.15) is 5.69 Å². The monoisotopic (exact) mass is 224 g/mol. The van der Waals surface area contributed by atoms with Gasteiger partial charge in [0.2, 0.25) is 0 Å². The van der Waals surface area contributed by atoms with Crippen LogP contribution < -0.4 is 5.32 Å². The van der Waals surface area contributed by atoms with E-state index >= 15 is 0 Å². The molecule has 0 aliphatic carbocycles. The standard InChI is InChI=1S/C10H9ClN2S/c11-9-3-1-2-4-10(9)12-5-8-6-14-7-13-8/h1-4,6-7,12H,5H2. The molecule has 0 aliphatic rings. The van der Waals surface area contributed by atoms with Gasteiger partial charge in [0, 0.05) is 5.38 Å². The van der Waals surface area contributed by atoms with Crippen molar-refractivity contribution in [2.45, 2.75) is 6.54 Å². The highest BCUT2D eigenvalue weighted by atomic mass is 35.5. The number of halogens is 1. The number of para-hydroxylation sites is 1. The van der Waals surface area contributed by atoms with Crippen molar-refractivity contribution >= 4 is 28.6 Å². The fourth-order valence-electron chi connectivity index (χ4n) is 1.12. The molecule has 1 aromatic heterocycles. The van der Waals surface area contributed by atoms with Gasteiger partial charge in [0.1, 0.15) is 0 Å². The van der Waals surface area contributed by atoms with Gasteiger partial charge in [-0.1, -0.05) is 23.7 Å². The lowest BCUT2D eigenvalue weighted by atomic mass is 10.3. The Morgan fingerprint density at radius 3 is 2.93 bits per heavy atom. The van der Waals surface area contributed by atoms with Crippen molar-refractivity contribution in [3.05, 3.63) is 45.9 Å². The summed E-state index contributed by atoms with van der Waals surface area (Å²) in [7, 11) is 0. The van der Waals surface area contributed by atoms with Gasteiger partial charge < -0.3 is 5.32 Å². The van der Waals surface area contributed by atoms with Gasteiger partial charge in [-0.25, -0.2) is 4.98 Å². The third-order valence-corrected chi connectivity index (χ3v) is 2.78. The van der Waals surface area contributed by atoms with Crippen LogP contribution in [0, 0.1) is 0 Å². The van der Waals surface area contributed by atoms with Crippen molar-refractivity contribution in [2.24, 2.45) is 0 Å². The van der Waals surface area contributed by atoms with E-state index in [-0.39, 0.29) is 0 Å². The lowest BCUT2D eigenvalue weighted by Crippen LogP contribution is -1.99. The molecule has 0 radical (unpaired) electrons. The number of anilines is 1. The first-order chi connectivity index (χ1) is 6.86. The summed E-state index contributed by atoms with van der Waals surface area (Å²) < 4.78 is 0. The Labute approximate surface area is 91.6 Å². The Morgan fingerprint density at radius 1 is 1.36 bits per heavy atom. The molecule has 0 aliphatic heterocycles. The molecule has 4 heteroatoms. The van der Waals surface area contributed by atoms with E-state index in [4.69, 9.17) is 11.6 Å². The molecule has 0 fully saturated rings. The lowest BCUT2D eigenvalue weighted by molar-refractivity contribution is 1.07. The van der Waals surface area contributed by atoms with E-state index in [1.807, 2.05) is 35.2 Å². The Bertz CT molecular complexity index is 400. The molecule has 0 saturated carbocycles. The molecule has 0 atom stereocenters. The van der Waals surface area contributed by atoms with Crippen molar-refractivity contribution in [1.82, 2.24) is 4.98 Å². The van der Waals surface area contributed by atoms with Crippen molar-refractivity contribution < 1.29 is 0 Å². The van der Waals surface area contributed by atoms with Gasteiger partial charge in [0.25, 0.3) is 0 Å². The highest BCUT2D eigenvalue weighted by molar-refractivity contribution is 7.07. The van der Waals surface area contributed by atoms with E-state index in [0.29, 0.717) is 6.54 Å². The first kappa shape index (κ1) is 9.49. The molecular formula is C10H9ClN2S. The minimum Gasteiger partial charge on any atom is -0.378 e. The predicted molar refractivity (Wildman–Crippen MR) is 60.9 cm³/mol. The van der Waals surface area contributed by atoms with E-state index in [2.05, 4.69) is 10.3 Å². The quantitative estimate of drug-likeness (QED) is 0.865. The van der Waals surface area contributed by atoms with E-state index in [0.717, 1.165) is 16.4 Å². The molecule has 14 heavy (non-hydrogen) atoms. The molecular weight excluding hydrogens is 216 g/mol. The van der Waals surface area contributed by atoms with Crippen molar-refractivity contribution in [3.63, 3.8) is 0 Å². The molecule has 2 aromatic rings. The predicted octanol–water partition coefficient (Wildman–Crippen LogP) is 3.41. The van der Waals surface area contributed by atoms with Gasteiger partial charge in [-0.15, -0.1) is 11.3 Å². The van der Waals surface area contributed by atoms with Gasteiger partial charge in [-0.2, -0.15) is 0 Å². The van der Waals surface area contributed by atoms with Crippen LogP contribution >= 0.6 is 22.9 Å². The fraction of sp³-hybridized carbons (Fsp3) is 0.100. The second-order valence-electron chi connectivity index (χ2n) is 2.81. The number of nitrogens with one attached hydrogen (secondary N) is 1. The molecule has 0 unspecified atom stereocenters. The number of hydrogen-bond donors (Lipinski definition) is 1. The third kappa shape index (κ3) is 2.25. The summed E-state index contributed by atoms with van der Waals surface area (Å²) in [5, 5.41) is 5.98. The largest absolute Gasteiger partial charge is 0.378 e. The summed E-state index contributed by atoms with van der Waals surface area (Å²) in [5.74, 6) is 0. The second kappa shape index (κ2) is 4.44. The number of thiazole rings is 1. The maximum absolute atomic E-state index is 5.98. The van der Waals surface area contributed by atoms with Gasteiger partial charge in [-0.3, -0.25) is 0 Å². The van der Waals surface area contributed by atoms with Crippen LogP contribution in [0.4, 0.5) is 5.69 Å². The number of aromatic nitrogens is 1. The zero-order valence-corrected chi connectivity index (χ0v) is 8.98. The van der Waals surface area contributed by atoms with Crippen molar-refractivity contribution in [1.29, 1.82) is 0 Å². The summed E-state index contributed by atoms with van der Waals surface area (Å²) in [5.41, 5.74) is 3.81. The molecule has 72 valence electrons. The van der Waals surface area contributed by atoms with Crippen LogP contribution in [0.2, 0.25) is 5.02 Å². The van der Waals surface area contributed by atoms with Gasteiger partial charge >= 0.3 is 0 Å². The molecule has 0 saturated heterocycles. The first-order valence-electron chi connectivity index (χ1n) is 4.22. The Kier molecular flexibility index (Phi) is 3.01. The minimum absolute atomic E-state index is 0.716. The molecule has 1 heterocycles. The number of rotatable bonds is 3. The Balaban J connectivity index is 2.02. The first-order valence-corrected chi connectivity index (χ1v) is 5.54. The van der Waals surface area contributed by atoms with Crippen molar-refractivity contribution in [3.8, 4) is 0 Å². The van der Waals surface area contributed by atoms with Crippen LogP contribution in [0.25, 0.3) is 0 Å². The van der Waals surface area contributed by atoms with E-state index in [1.54, 1.807) is 11.3 Å². The second-order valence-corrected chi connectivity index (χ2v) is 3.94. The maximum atomic E-state index is 5.98. The smallest absolute Gasteiger partial charge is 0.0795 e. The summed E-state index contributed by atoms with van der Waals surface area (Å²) in [6.07, 6.45) is 0. The maximum Gasteiger partial charge on any atom is 0.0795 e. The molecule has 1 N–H and O–H groups in total. The fourth-order valence-corrected chi connectivity index (χ4v) is 1.88. The third-order valence-electron chi connectivity index (χ3n) is 1.82.